The molecule has 2 aromatic heterocycles. The predicted molar refractivity (Wildman–Crippen MR) is 155 cm³/mol. The van der Waals surface area contributed by atoms with E-state index >= 15 is 0 Å². The van der Waals surface area contributed by atoms with Crippen LogP contribution in [0.3, 0.4) is 0 Å². The van der Waals surface area contributed by atoms with Crippen LogP contribution in [0.15, 0.2) is 17.5 Å². The Morgan fingerprint density at radius 1 is 0.719 bits per heavy atom. The molecule has 0 radical (unpaired) electrons. The molecule has 0 atom stereocenters. The van der Waals surface area contributed by atoms with Crippen LogP contribution < -0.4 is 2.89 Å². The van der Waals surface area contributed by atoms with Crippen LogP contribution in [0.2, 0.25) is 14.8 Å². The van der Waals surface area contributed by atoms with Crippen LogP contribution in [0.5, 0.6) is 0 Å². The van der Waals surface area contributed by atoms with Gasteiger partial charge in [0.1, 0.15) is 0 Å². The van der Waals surface area contributed by atoms with Gasteiger partial charge in [0, 0.05) is 0 Å². The van der Waals surface area contributed by atoms with Gasteiger partial charge in [0.2, 0.25) is 0 Å². The number of thiophene rings is 2. The number of hydrogen-bond donors (Lipinski definition) is 0. The van der Waals surface area contributed by atoms with E-state index in [-0.39, 0.29) is 0 Å². The van der Waals surface area contributed by atoms with E-state index in [2.05, 4.69) is 69.7 Å². The molecule has 32 heavy (non-hydrogen) atoms. The zero-order valence-electron chi connectivity index (χ0n) is 21.6. The molecule has 3 heteroatoms. The third-order valence-corrected chi connectivity index (χ3v) is 18.0. The first kappa shape index (κ1) is 28.2. The molecule has 2 heterocycles. The molecule has 0 N–H and O–H groups in total. The molecule has 2 rings (SSSR count). The third-order valence-electron chi connectivity index (χ3n) is 6.29. The molecule has 0 amide bonds. The predicted octanol–water partition coefficient (Wildman–Crippen LogP) is 10.3. The van der Waals surface area contributed by atoms with Crippen LogP contribution in [-0.2, 0) is 12.8 Å². The quantitative estimate of drug-likeness (QED) is 0.129. The number of rotatable bonds is 17. The first-order valence-electron chi connectivity index (χ1n) is 13.3. The number of hydrogen-bond acceptors (Lipinski definition) is 2. The van der Waals surface area contributed by atoms with E-state index in [0.29, 0.717) is 0 Å². The Bertz CT molecular complexity index is 775. The summed E-state index contributed by atoms with van der Waals surface area (Å²) in [6.07, 6.45) is 24.0. The second-order valence-corrected chi connectivity index (χ2v) is 27.8. The average Bonchev–Trinajstić information content (AvgIpc) is 3.38. The zero-order chi connectivity index (χ0) is 23.2. The van der Waals surface area contributed by atoms with Crippen LogP contribution >= 0.6 is 22.7 Å². The second-order valence-electron chi connectivity index (χ2n) is 10.4. The summed E-state index contributed by atoms with van der Waals surface area (Å²) in [6.45, 7) is 4.60. The van der Waals surface area contributed by atoms with Crippen molar-refractivity contribution in [2.45, 2.75) is 119 Å². The van der Waals surface area contributed by atoms with Crippen molar-refractivity contribution in [1.29, 1.82) is 0 Å². The van der Waals surface area contributed by atoms with Gasteiger partial charge in [-0.3, -0.25) is 0 Å². The molecular weight excluding hydrogens is 531 g/mol. The van der Waals surface area contributed by atoms with Crippen molar-refractivity contribution in [2.24, 2.45) is 0 Å². The first-order valence-corrected chi connectivity index (χ1v) is 25.0. The van der Waals surface area contributed by atoms with Gasteiger partial charge in [0.05, 0.1) is 0 Å². The Kier molecular flexibility index (Phi) is 13.9. The van der Waals surface area contributed by atoms with Gasteiger partial charge in [-0.2, -0.15) is 0 Å². The van der Waals surface area contributed by atoms with Crippen LogP contribution in [-0.4, -0.2) is 18.4 Å². The zero-order valence-corrected chi connectivity index (χ0v) is 26.1. The van der Waals surface area contributed by atoms with Crippen molar-refractivity contribution in [3.63, 3.8) is 0 Å². The number of aryl methyl sites for hydroxylation is 2. The van der Waals surface area contributed by atoms with Gasteiger partial charge in [-0.05, 0) is 0 Å². The Morgan fingerprint density at radius 2 is 1.28 bits per heavy atom. The van der Waals surface area contributed by atoms with E-state index in [1.165, 1.54) is 99.6 Å². The van der Waals surface area contributed by atoms with Gasteiger partial charge in [0.25, 0.3) is 0 Å². The van der Waals surface area contributed by atoms with Crippen molar-refractivity contribution in [3.8, 4) is 0 Å². The van der Waals surface area contributed by atoms with Gasteiger partial charge < -0.3 is 0 Å². The molecule has 0 aliphatic carbocycles. The maximum atomic E-state index is 2.58. The number of unbranched alkanes of at least 4 members (excludes halogenated alkanes) is 10. The van der Waals surface area contributed by atoms with E-state index < -0.39 is 18.4 Å². The monoisotopic (exact) mass is 580 g/mol. The summed E-state index contributed by atoms with van der Waals surface area (Å²) in [6, 6.07) is 4.89. The van der Waals surface area contributed by atoms with E-state index in [0.717, 1.165) is 0 Å². The fourth-order valence-corrected chi connectivity index (χ4v) is 13.4. The van der Waals surface area contributed by atoms with Crippen molar-refractivity contribution in [1.82, 2.24) is 0 Å². The molecule has 0 saturated carbocycles. The van der Waals surface area contributed by atoms with Crippen LogP contribution in [0.25, 0.3) is 12.2 Å². The molecule has 0 bridgehead atoms. The topological polar surface area (TPSA) is 0 Å². The summed E-state index contributed by atoms with van der Waals surface area (Å²) >= 11 is 1.95. The van der Waals surface area contributed by atoms with Crippen LogP contribution in [0, 0.1) is 0 Å². The van der Waals surface area contributed by atoms with E-state index in [1.54, 1.807) is 14.0 Å². The van der Waals surface area contributed by atoms with Crippen molar-refractivity contribution in [2.75, 3.05) is 0 Å². The maximum absolute atomic E-state index is 2.58. The van der Waals surface area contributed by atoms with Gasteiger partial charge in [-0.15, -0.1) is 0 Å². The molecule has 0 fully saturated rings. The normalized spacial score (nSPS) is 12.3. The Morgan fingerprint density at radius 3 is 1.88 bits per heavy atom. The average molecular weight is 580 g/mol. The molecule has 0 nitrogen and oxygen atoms in total. The van der Waals surface area contributed by atoms with Gasteiger partial charge in [-0.25, -0.2) is 0 Å². The van der Waals surface area contributed by atoms with Crippen LogP contribution in [0.4, 0.5) is 0 Å². The summed E-state index contributed by atoms with van der Waals surface area (Å²) in [5.41, 5.74) is 3.24. The summed E-state index contributed by atoms with van der Waals surface area (Å²) in [4.78, 5) is 10.7. The second kappa shape index (κ2) is 15.8. The van der Waals surface area contributed by atoms with E-state index in [4.69, 9.17) is 0 Å². The summed E-state index contributed by atoms with van der Waals surface area (Å²) in [7, 11) is 0. The van der Waals surface area contributed by atoms with Gasteiger partial charge in [-0.1, -0.05) is 19.8 Å². The molecule has 0 aromatic carbocycles. The summed E-state index contributed by atoms with van der Waals surface area (Å²) in [5, 5.41) is 2.28. The molecule has 0 aliphatic rings. The first-order chi connectivity index (χ1) is 15.5. The fraction of sp³-hybridized carbons (Fsp3) is 0.655. The van der Waals surface area contributed by atoms with E-state index in [1.807, 2.05) is 11.3 Å². The third kappa shape index (κ3) is 10.5. The molecule has 0 spiro atoms. The van der Waals surface area contributed by atoms with Gasteiger partial charge >= 0.3 is 193 Å². The van der Waals surface area contributed by atoms with E-state index in [9.17, 15) is 0 Å². The Hall–Kier alpha value is -0.0613. The van der Waals surface area contributed by atoms with Crippen LogP contribution in [0.1, 0.15) is 112 Å². The summed E-state index contributed by atoms with van der Waals surface area (Å²) in [5.74, 6) is 0. The Labute approximate surface area is 211 Å². The van der Waals surface area contributed by atoms with Crippen molar-refractivity contribution < 1.29 is 0 Å². The molecule has 2 aromatic rings. The fourth-order valence-electron chi connectivity index (χ4n) is 4.40. The molecule has 0 saturated heterocycles. The molecule has 180 valence electrons. The van der Waals surface area contributed by atoms with Gasteiger partial charge in [0.15, 0.2) is 0 Å². The SMILES string of the molecule is CCCCCCCCc1ccsc1C=Cc1cc(CCCCCCCC)[c]([Sn]([CH3])([CH3])[CH3])s1. The minimum absolute atomic E-state index is 1.24. The Balaban J connectivity index is 1.94. The van der Waals surface area contributed by atoms with Crippen molar-refractivity contribution >= 4 is 56.1 Å². The van der Waals surface area contributed by atoms with Crippen molar-refractivity contribution in [3.05, 3.63) is 38.4 Å². The molecular formula is C29H48S2Sn. The summed E-state index contributed by atoms with van der Waals surface area (Å²) < 4.78 is 1.80. The standard InChI is InChI=1S/C26H39S2.3CH3.Sn/c1-3-5-7-9-11-13-15-23-21-25(28-22-23)17-18-26-24(19-20-27-26)16-14-12-10-8-6-4-2;;;;/h17-21H,3-16H2,1-2H3;3*1H3;. The molecule has 0 aliphatic heterocycles. The minimum atomic E-state index is -2.07. The molecule has 0 unspecified atom stereocenters.